The molecule has 1 fully saturated rings. The Morgan fingerprint density at radius 2 is 2.04 bits per heavy atom. The molecule has 0 atom stereocenters. The minimum Gasteiger partial charge on any atom is -0.362 e. The van der Waals surface area contributed by atoms with Crippen LogP contribution >= 0.6 is 0 Å². The maximum absolute atomic E-state index is 4.43. The second-order valence-corrected chi connectivity index (χ2v) is 6.88. The molecule has 1 heterocycles. The van der Waals surface area contributed by atoms with Gasteiger partial charge >= 0.3 is 0 Å². The van der Waals surface area contributed by atoms with E-state index in [2.05, 4.69) is 26.7 Å². The summed E-state index contributed by atoms with van der Waals surface area (Å²) in [6, 6.07) is 4.08. The van der Waals surface area contributed by atoms with E-state index in [1.54, 1.807) is 0 Å². The largest absolute Gasteiger partial charge is 0.362 e. The van der Waals surface area contributed by atoms with E-state index in [0.717, 1.165) is 30.8 Å². The molecule has 5 nitrogen and oxygen atoms in total. The molecule has 1 aliphatic rings. The molecule has 0 unspecified atom stereocenters. The highest BCUT2D eigenvalue weighted by Crippen LogP contribution is 2.28. The number of hydrogen-bond acceptors (Lipinski definition) is 3. The van der Waals surface area contributed by atoms with Crippen LogP contribution in [-0.2, 0) is 6.54 Å². The molecule has 24 heavy (non-hydrogen) atoms. The Kier molecular flexibility index (Phi) is 7.86. The van der Waals surface area contributed by atoms with E-state index < -0.39 is 0 Å². The number of aliphatic imine (C=N–C) groups is 1. The van der Waals surface area contributed by atoms with Gasteiger partial charge in [0.05, 0.1) is 0 Å². The van der Waals surface area contributed by atoms with Gasteiger partial charge in [0.25, 0.3) is 0 Å². The van der Waals surface area contributed by atoms with Gasteiger partial charge < -0.3 is 15.5 Å². The van der Waals surface area contributed by atoms with Crippen molar-refractivity contribution in [1.82, 2.24) is 15.6 Å². The SMILES string of the molecule is CN=C(NCCCCC1CCCC1)NCc1cccnc1N(C)C. The van der Waals surface area contributed by atoms with Crippen molar-refractivity contribution in [2.24, 2.45) is 10.9 Å². The molecule has 1 aliphatic carbocycles. The first-order valence-corrected chi connectivity index (χ1v) is 9.26. The van der Waals surface area contributed by atoms with Crippen LogP contribution in [0, 0.1) is 5.92 Å². The highest BCUT2D eigenvalue weighted by molar-refractivity contribution is 5.79. The van der Waals surface area contributed by atoms with Crippen LogP contribution in [-0.4, -0.2) is 38.6 Å². The molecule has 1 aromatic rings. The van der Waals surface area contributed by atoms with E-state index in [1.807, 2.05) is 38.3 Å². The third kappa shape index (κ3) is 6.02. The van der Waals surface area contributed by atoms with Crippen molar-refractivity contribution in [3.8, 4) is 0 Å². The Bertz CT molecular complexity index is 506. The van der Waals surface area contributed by atoms with Gasteiger partial charge in [-0.15, -0.1) is 0 Å². The maximum atomic E-state index is 4.43. The molecule has 2 rings (SSSR count). The second-order valence-electron chi connectivity index (χ2n) is 6.88. The Morgan fingerprint density at radius 3 is 2.75 bits per heavy atom. The van der Waals surface area contributed by atoms with Crippen molar-refractivity contribution in [3.05, 3.63) is 23.9 Å². The molecule has 0 bridgehead atoms. The van der Waals surface area contributed by atoms with E-state index in [-0.39, 0.29) is 0 Å². The van der Waals surface area contributed by atoms with Gasteiger partial charge in [-0.25, -0.2) is 4.98 Å². The standard InChI is InChI=1S/C19H33N5/c1-20-19(22-13-7-6-11-16-9-4-5-10-16)23-15-17-12-8-14-21-18(17)24(2)3/h8,12,14,16H,4-7,9-11,13,15H2,1-3H3,(H2,20,22,23). The van der Waals surface area contributed by atoms with Gasteiger partial charge in [-0.3, -0.25) is 4.99 Å². The van der Waals surface area contributed by atoms with Crippen LogP contribution in [0.4, 0.5) is 5.82 Å². The van der Waals surface area contributed by atoms with E-state index in [4.69, 9.17) is 0 Å². The van der Waals surface area contributed by atoms with E-state index in [0.29, 0.717) is 0 Å². The molecule has 134 valence electrons. The summed E-state index contributed by atoms with van der Waals surface area (Å²) in [5, 5.41) is 6.80. The van der Waals surface area contributed by atoms with Gasteiger partial charge in [-0.05, 0) is 18.4 Å². The summed E-state index contributed by atoms with van der Waals surface area (Å²) in [4.78, 5) is 10.8. The average molecular weight is 332 g/mol. The van der Waals surface area contributed by atoms with Crippen LogP contribution in [0.3, 0.4) is 0 Å². The molecule has 0 aromatic carbocycles. The topological polar surface area (TPSA) is 52.6 Å². The second kappa shape index (κ2) is 10.2. The predicted molar refractivity (Wildman–Crippen MR) is 103 cm³/mol. The van der Waals surface area contributed by atoms with Crippen molar-refractivity contribution < 1.29 is 0 Å². The Hall–Kier alpha value is -1.78. The molecule has 0 saturated heterocycles. The molecule has 0 amide bonds. The van der Waals surface area contributed by atoms with Crippen LogP contribution in [0.5, 0.6) is 0 Å². The van der Waals surface area contributed by atoms with Crippen molar-refractivity contribution in [3.63, 3.8) is 0 Å². The number of pyridine rings is 1. The maximum Gasteiger partial charge on any atom is 0.191 e. The van der Waals surface area contributed by atoms with Gasteiger partial charge in [0, 0.05) is 46.0 Å². The Morgan fingerprint density at radius 1 is 1.25 bits per heavy atom. The first-order valence-electron chi connectivity index (χ1n) is 9.26. The highest BCUT2D eigenvalue weighted by Gasteiger charge is 2.13. The van der Waals surface area contributed by atoms with Crippen LogP contribution in [0.15, 0.2) is 23.3 Å². The number of hydrogen-bond donors (Lipinski definition) is 2. The summed E-state index contributed by atoms with van der Waals surface area (Å²) in [7, 11) is 5.86. The fourth-order valence-corrected chi connectivity index (χ4v) is 3.43. The smallest absolute Gasteiger partial charge is 0.191 e. The Labute approximate surface area is 147 Å². The summed E-state index contributed by atoms with van der Waals surface area (Å²) < 4.78 is 0. The monoisotopic (exact) mass is 331 g/mol. The van der Waals surface area contributed by atoms with Gasteiger partial charge in [-0.2, -0.15) is 0 Å². The number of unbranched alkanes of at least 4 members (excludes halogenated alkanes) is 1. The van der Waals surface area contributed by atoms with Gasteiger partial charge in [0.15, 0.2) is 5.96 Å². The molecule has 0 radical (unpaired) electrons. The van der Waals surface area contributed by atoms with Gasteiger partial charge in [-0.1, -0.05) is 44.6 Å². The summed E-state index contributed by atoms with van der Waals surface area (Å²) in [6.45, 7) is 1.71. The highest BCUT2D eigenvalue weighted by atomic mass is 15.2. The summed E-state index contributed by atoms with van der Waals surface area (Å²) in [5.74, 6) is 2.86. The van der Waals surface area contributed by atoms with Crippen molar-refractivity contribution in [2.75, 3.05) is 32.6 Å². The minimum absolute atomic E-state index is 0.725. The molecule has 1 saturated carbocycles. The van der Waals surface area contributed by atoms with Crippen molar-refractivity contribution in [1.29, 1.82) is 0 Å². The normalized spacial score (nSPS) is 15.5. The zero-order chi connectivity index (χ0) is 17.2. The van der Waals surface area contributed by atoms with Crippen LogP contribution in [0.25, 0.3) is 0 Å². The summed E-state index contributed by atoms with van der Waals surface area (Å²) in [6.07, 6.45) is 11.6. The fraction of sp³-hybridized carbons (Fsp3) is 0.684. The van der Waals surface area contributed by atoms with E-state index in [1.165, 1.54) is 50.5 Å². The number of nitrogens with one attached hydrogen (secondary N) is 2. The molecule has 0 aliphatic heterocycles. The lowest BCUT2D eigenvalue weighted by Crippen LogP contribution is -2.37. The lowest BCUT2D eigenvalue weighted by Gasteiger charge is -2.17. The van der Waals surface area contributed by atoms with Crippen LogP contribution in [0.2, 0.25) is 0 Å². The summed E-state index contributed by atoms with van der Waals surface area (Å²) >= 11 is 0. The molecule has 1 aromatic heterocycles. The number of guanidine groups is 1. The molecule has 5 heteroatoms. The summed E-state index contributed by atoms with van der Waals surface area (Å²) in [5.41, 5.74) is 1.17. The molecular weight excluding hydrogens is 298 g/mol. The third-order valence-electron chi connectivity index (χ3n) is 4.77. The number of anilines is 1. The average Bonchev–Trinajstić information content (AvgIpc) is 3.11. The van der Waals surface area contributed by atoms with E-state index in [9.17, 15) is 0 Å². The number of nitrogens with zero attached hydrogens (tertiary/aromatic N) is 3. The molecule has 0 spiro atoms. The fourth-order valence-electron chi connectivity index (χ4n) is 3.43. The zero-order valence-corrected chi connectivity index (χ0v) is 15.5. The third-order valence-corrected chi connectivity index (χ3v) is 4.77. The lowest BCUT2D eigenvalue weighted by molar-refractivity contribution is 0.472. The van der Waals surface area contributed by atoms with Crippen LogP contribution in [0.1, 0.15) is 50.5 Å². The first-order chi connectivity index (χ1) is 11.7. The van der Waals surface area contributed by atoms with Gasteiger partial charge in [0.1, 0.15) is 5.82 Å². The quantitative estimate of drug-likeness (QED) is 0.436. The molecular formula is C19H33N5. The minimum atomic E-state index is 0.725. The number of rotatable bonds is 8. The van der Waals surface area contributed by atoms with E-state index >= 15 is 0 Å². The lowest BCUT2D eigenvalue weighted by atomic mass is 10.0. The zero-order valence-electron chi connectivity index (χ0n) is 15.5. The predicted octanol–water partition coefficient (Wildman–Crippen LogP) is 3.17. The first kappa shape index (κ1) is 18.6. The van der Waals surface area contributed by atoms with Crippen molar-refractivity contribution in [2.45, 2.75) is 51.5 Å². The molecule has 2 N–H and O–H groups in total. The van der Waals surface area contributed by atoms with Crippen LogP contribution < -0.4 is 15.5 Å². The number of aromatic nitrogens is 1. The van der Waals surface area contributed by atoms with Gasteiger partial charge in [0.2, 0.25) is 0 Å². The van der Waals surface area contributed by atoms with Crippen molar-refractivity contribution >= 4 is 11.8 Å². The Balaban J connectivity index is 1.67.